The van der Waals surface area contributed by atoms with E-state index in [1.165, 1.54) is 0 Å². The van der Waals surface area contributed by atoms with Crippen LogP contribution in [0, 0.1) is 5.92 Å². The molecule has 3 N–H and O–H groups in total. The van der Waals surface area contributed by atoms with Crippen LogP contribution in [-0.4, -0.2) is 48.7 Å². The van der Waals surface area contributed by atoms with Crippen LogP contribution in [0.3, 0.4) is 0 Å². The molecule has 0 radical (unpaired) electrons. The maximum Gasteiger partial charge on any atom is 0.251 e. The molecule has 1 rings (SSSR count). The minimum absolute atomic E-state index is 0.00147. The van der Waals surface area contributed by atoms with Crippen molar-refractivity contribution in [2.75, 3.05) is 19.1 Å². The van der Waals surface area contributed by atoms with Crippen LogP contribution in [0.2, 0.25) is 0 Å². The lowest BCUT2D eigenvalue weighted by Crippen LogP contribution is -2.53. The lowest BCUT2D eigenvalue weighted by atomic mass is 9.97. The van der Waals surface area contributed by atoms with E-state index in [0.717, 1.165) is 17.9 Å². The summed E-state index contributed by atoms with van der Waals surface area (Å²) in [6, 6.07) is 6.07. The van der Waals surface area contributed by atoms with E-state index >= 15 is 0 Å². The second-order valence-electron chi connectivity index (χ2n) is 7.08. The lowest BCUT2D eigenvalue weighted by Gasteiger charge is -2.25. The molecule has 0 saturated carbocycles. The number of carbonyl (C=O) groups is 3. The predicted octanol–water partition coefficient (Wildman–Crippen LogP) is 3.40. The van der Waals surface area contributed by atoms with Crippen LogP contribution in [0.5, 0.6) is 0 Å². The number of nitrogens with one attached hydrogen (secondary N) is 3. The van der Waals surface area contributed by atoms with Gasteiger partial charge < -0.3 is 16.0 Å². The monoisotopic (exact) mass is 437 g/mol. The van der Waals surface area contributed by atoms with Crippen LogP contribution >= 0.6 is 11.8 Å². The van der Waals surface area contributed by atoms with Crippen LogP contribution in [0.1, 0.15) is 63.4 Å². The molecule has 0 fully saturated rings. The highest BCUT2D eigenvalue weighted by Crippen LogP contribution is 2.09. The smallest absolute Gasteiger partial charge is 0.251 e. The zero-order chi connectivity index (χ0) is 23.1. The minimum Gasteiger partial charge on any atom is -0.344 e. The van der Waals surface area contributed by atoms with Crippen molar-refractivity contribution >= 4 is 29.4 Å². The Hall–Kier alpha value is -1.86. The molecule has 2 amide bonds. The number of carbonyl (C=O) groups excluding carboxylic acids is 3. The van der Waals surface area contributed by atoms with E-state index in [4.69, 9.17) is 0 Å². The molecule has 0 aliphatic heterocycles. The van der Waals surface area contributed by atoms with Gasteiger partial charge in [-0.25, -0.2) is 0 Å². The molecular formula is C23H39N3O3S. The zero-order valence-corrected chi connectivity index (χ0v) is 20.3. The van der Waals surface area contributed by atoms with E-state index in [0.29, 0.717) is 18.4 Å². The molecule has 30 heavy (non-hydrogen) atoms. The summed E-state index contributed by atoms with van der Waals surface area (Å²) < 4.78 is 0. The van der Waals surface area contributed by atoms with Crippen LogP contribution in [0.15, 0.2) is 24.3 Å². The van der Waals surface area contributed by atoms with Crippen molar-refractivity contribution in [1.29, 1.82) is 0 Å². The number of rotatable bonds is 12. The van der Waals surface area contributed by atoms with Gasteiger partial charge in [0, 0.05) is 18.5 Å². The third-order valence-electron chi connectivity index (χ3n) is 4.49. The standard InChI is InChI=1S/C21H33N3O3S.C2H6/c1-6-18(25)19(14(2)3)24-21(27)17(11-12-28-5)23-20(26)16-9-7-15(8-10-16)13-22-4;1-2/h7-10,14,17,19,22H,6,11-13H2,1-5H3,(H,23,26)(H,24,27);1-2H3. The highest BCUT2D eigenvalue weighted by atomic mass is 32.2. The topological polar surface area (TPSA) is 87.3 Å². The molecule has 2 unspecified atom stereocenters. The predicted molar refractivity (Wildman–Crippen MR) is 127 cm³/mol. The van der Waals surface area contributed by atoms with Gasteiger partial charge in [-0.05, 0) is 49.1 Å². The number of amides is 2. The van der Waals surface area contributed by atoms with E-state index in [9.17, 15) is 14.4 Å². The van der Waals surface area contributed by atoms with Gasteiger partial charge in [-0.1, -0.05) is 46.8 Å². The van der Waals surface area contributed by atoms with Crippen LogP contribution in [0.4, 0.5) is 0 Å². The molecule has 0 aliphatic carbocycles. The molecule has 170 valence electrons. The van der Waals surface area contributed by atoms with Gasteiger partial charge in [0.05, 0.1) is 6.04 Å². The van der Waals surface area contributed by atoms with E-state index < -0.39 is 12.1 Å². The average Bonchev–Trinajstić information content (AvgIpc) is 2.75. The average molecular weight is 438 g/mol. The fourth-order valence-corrected chi connectivity index (χ4v) is 3.29. The third kappa shape index (κ3) is 9.76. The Balaban J connectivity index is 0.00000407. The van der Waals surface area contributed by atoms with Gasteiger partial charge >= 0.3 is 0 Å². The Morgan fingerprint density at radius 1 is 1.03 bits per heavy atom. The first-order chi connectivity index (χ1) is 14.3. The molecule has 1 aromatic carbocycles. The Bertz CT molecular complexity index is 648. The largest absolute Gasteiger partial charge is 0.344 e. The van der Waals surface area contributed by atoms with Crippen LogP contribution < -0.4 is 16.0 Å². The van der Waals surface area contributed by atoms with Crippen molar-refractivity contribution in [2.45, 2.75) is 66.1 Å². The Kier molecular flexibility index (Phi) is 14.9. The molecular weight excluding hydrogens is 398 g/mol. The number of thioether (sulfide) groups is 1. The molecule has 7 heteroatoms. The number of hydrogen-bond acceptors (Lipinski definition) is 5. The maximum absolute atomic E-state index is 12.8. The summed E-state index contributed by atoms with van der Waals surface area (Å²) >= 11 is 1.61. The SMILES string of the molecule is CC.CCC(=O)C(NC(=O)C(CCSC)NC(=O)c1ccc(CNC)cc1)C(C)C. The summed E-state index contributed by atoms with van der Waals surface area (Å²) in [5.74, 6) is 0.120. The first kappa shape index (κ1) is 28.1. The fourth-order valence-electron chi connectivity index (χ4n) is 2.82. The van der Waals surface area contributed by atoms with Crippen molar-refractivity contribution < 1.29 is 14.4 Å². The Labute approximate surface area is 186 Å². The quantitative estimate of drug-likeness (QED) is 0.466. The number of hydrogen-bond donors (Lipinski definition) is 3. The lowest BCUT2D eigenvalue weighted by molar-refractivity contribution is -0.129. The summed E-state index contributed by atoms with van der Waals surface area (Å²) in [7, 11) is 1.86. The van der Waals surface area contributed by atoms with Crippen molar-refractivity contribution in [2.24, 2.45) is 5.92 Å². The summed E-state index contributed by atoms with van der Waals surface area (Å²) in [6.07, 6.45) is 2.82. The maximum atomic E-state index is 12.8. The molecule has 0 spiro atoms. The molecule has 0 bridgehead atoms. The summed E-state index contributed by atoms with van der Waals surface area (Å²) in [5, 5.41) is 8.73. The van der Waals surface area contributed by atoms with Gasteiger partial charge in [0.2, 0.25) is 5.91 Å². The van der Waals surface area contributed by atoms with E-state index in [2.05, 4.69) is 16.0 Å². The fraction of sp³-hybridized carbons (Fsp3) is 0.609. The van der Waals surface area contributed by atoms with E-state index in [1.807, 2.05) is 53.1 Å². The molecule has 0 aliphatic rings. The normalized spacial score (nSPS) is 12.4. The molecule has 6 nitrogen and oxygen atoms in total. The number of benzene rings is 1. The van der Waals surface area contributed by atoms with Crippen LogP contribution in [0.25, 0.3) is 0 Å². The van der Waals surface area contributed by atoms with Crippen molar-refractivity contribution in [3.63, 3.8) is 0 Å². The van der Waals surface area contributed by atoms with Gasteiger partial charge in [-0.3, -0.25) is 14.4 Å². The molecule has 2 atom stereocenters. The molecule has 0 saturated heterocycles. The minimum atomic E-state index is -0.678. The Morgan fingerprint density at radius 3 is 2.10 bits per heavy atom. The van der Waals surface area contributed by atoms with Crippen LogP contribution in [-0.2, 0) is 16.1 Å². The number of ketones is 1. The van der Waals surface area contributed by atoms with Crippen molar-refractivity contribution in [1.82, 2.24) is 16.0 Å². The first-order valence-electron chi connectivity index (χ1n) is 10.7. The van der Waals surface area contributed by atoms with Gasteiger partial charge in [0.25, 0.3) is 5.91 Å². The van der Waals surface area contributed by atoms with Gasteiger partial charge in [0.1, 0.15) is 6.04 Å². The highest BCUT2D eigenvalue weighted by molar-refractivity contribution is 7.98. The Morgan fingerprint density at radius 2 is 1.63 bits per heavy atom. The van der Waals surface area contributed by atoms with E-state index in [-0.39, 0.29) is 23.5 Å². The third-order valence-corrected chi connectivity index (χ3v) is 5.13. The summed E-state index contributed by atoms with van der Waals surface area (Å²) in [4.78, 5) is 37.6. The molecule has 0 aromatic heterocycles. The zero-order valence-electron chi connectivity index (χ0n) is 19.5. The second-order valence-corrected chi connectivity index (χ2v) is 8.07. The molecule has 0 heterocycles. The summed E-state index contributed by atoms with van der Waals surface area (Å²) in [5.41, 5.74) is 1.58. The van der Waals surface area contributed by atoms with Crippen molar-refractivity contribution in [3.8, 4) is 0 Å². The number of Topliss-reactive ketones (excluding diaryl/α,β-unsaturated/α-hetero) is 1. The van der Waals surface area contributed by atoms with E-state index in [1.54, 1.807) is 30.8 Å². The van der Waals surface area contributed by atoms with Gasteiger partial charge in [-0.2, -0.15) is 11.8 Å². The second kappa shape index (κ2) is 15.9. The van der Waals surface area contributed by atoms with Gasteiger partial charge in [-0.15, -0.1) is 0 Å². The van der Waals surface area contributed by atoms with Gasteiger partial charge in [0.15, 0.2) is 5.78 Å². The first-order valence-corrected chi connectivity index (χ1v) is 12.1. The van der Waals surface area contributed by atoms with Crippen molar-refractivity contribution in [3.05, 3.63) is 35.4 Å². The molecule has 1 aromatic rings. The summed E-state index contributed by atoms with van der Waals surface area (Å²) in [6.45, 7) is 10.3. The highest BCUT2D eigenvalue weighted by Gasteiger charge is 2.27.